The van der Waals surface area contributed by atoms with Gasteiger partial charge in [-0.25, -0.2) is 13.1 Å². The Bertz CT molecular complexity index is 902. The fourth-order valence-corrected chi connectivity index (χ4v) is 4.76. The minimum atomic E-state index is -3.36. The van der Waals surface area contributed by atoms with Crippen molar-refractivity contribution in [1.82, 2.24) is 24.2 Å². The Balaban J connectivity index is 1.35. The minimum Gasteiger partial charge on any atom is -0.378 e. The molecule has 0 radical (unpaired) electrons. The number of hydrogen-bond donors (Lipinski definition) is 0. The summed E-state index contributed by atoms with van der Waals surface area (Å²) in [6.07, 6.45) is 1.60. The van der Waals surface area contributed by atoms with Crippen molar-refractivity contribution in [3.8, 4) is 0 Å². The lowest BCUT2D eigenvalue weighted by molar-refractivity contribution is 0.0299. The van der Waals surface area contributed by atoms with E-state index in [1.807, 2.05) is 18.2 Å². The fourth-order valence-electron chi connectivity index (χ4n) is 3.17. The number of amides is 1. The van der Waals surface area contributed by atoms with Crippen molar-refractivity contribution in [3.05, 3.63) is 47.8 Å². The summed E-state index contributed by atoms with van der Waals surface area (Å²) in [5.41, 5.74) is 1.04. The Morgan fingerprint density at radius 3 is 2.56 bits per heavy atom. The van der Waals surface area contributed by atoms with Crippen molar-refractivity contribution in [2.75, 3.05) is 39.4 Å². The lowest BCUT2D eigenvalue weighted by Gasteiger charge is -2.37. The van der Waals surface area contributed by atoms with Crippen molar-refractivity contribution in [3.63, 3.8) is 0 Å². The molecule has 2 saturated heterocycles. The first-order chi connectivity index (χ1) is 13.0. The number of morpholine rings is 1. The van der Waals surface area contributed by atoms with Crippen LogP contribution in [0.3, 0.4) is 0 Å². The van der Waals surface area contributed by atoms with Gasteiger partial charge in [-0.1, -0.05) is 35.5 Å². The fraction of sp³-hybridized carbons (Fsp3) is 0.471. The molecule has 1 aromatic carbocycles. The summed E-state index contributed by atoms with van der Waals surface area (Å²) in [5.74, 6) is -0.184. The lowest BCUT2D eigenvalue weighted by atomic mass is 10.2. The average Bonchev–Trinajstić information content (AvgIpc) is 3.10. The van der Waals surface area contributed by atoms with Gasteiger partial charge in [-0.05, 0) is 5.56 Å². The van der Waals surface area contributed by atoms with E-state index in [2.05, 4.69) is 10.3 Å². The molecule has 4 rings (SSSR count). The molecular formula is C17H21N5O4S. The highest BCUT2D eigenvalue weighted by Gasteiger charge is 2.37. The molecule has 2 aliphatic rings. The van der Waals surface area contributed by atoms with E-state index in [1.165, 1.54) is 4.31 Å². The molecule has 10 heteroatoms. The number of benzene rings is 1. The monoisotopic (exact) mass is 391 g/mol. The number of hydrogen-bond acceptors (Lipinski definition) is 6. The third-order valence-electron chi connectivity index (χ3n) is 4.82. The van der Waals surface area contributed by atoms with Crippen LogP contribution in [0.2, 0.25) is 0 Å². The molecule has 0 aliphatic carbocycles. The lowest BCUT2D eigenvalue weighted by Crippen LogP contribution is -2.51. The molecule has 27 heavy (non-hydrogen) atoms. The summed E-state index contributed by atoms with van der Waals surface area (Å²) in [7, 11) is -3.36. The van der Waals surface area contributed by atoms with Crippen molar-refractivity contribution in [1.29, 1.82) is 0 Å². The standard InChI is InChI=1S/C17H21N5O4S/c23-17(20-6-8-26-9-7-20)16-12-22(19-18-16)15-10-21(11-15)27(24,25)13-14-4-2-1-3-5-14/h1-5,12,15H,6-11,13H2. The maximum absolute atomic E-state index is 12.5. The first kappa shape index (κ1) is 18.1. The summed E-state index contributed by atoms with van der Waals surface area (Å²) >= 11 is 0. The summed E-state index contributed by atoms with van der Waals surface area (Å²) < 4.78 is 33.2. The summed E-state index contributed by atoms with van der Waals surface area (Å²) in [5, 5.41) is 7.98. The van der Waals surface area contributed by atoms with Gasteiger partial charge < -0.3 is 9.64 Å². The van der Waals surface area contributed by atoms with Crippen LogP contribution in [0.5, 0.6) is 0 Å². The van der Waals surface area contributed by atoms with E-state index in [-0.39, 0.29) is 23.4 Å². The van der Waals surface area contributed by atoms with E-state index < -0.39 is 10.0 Å². The predicted octanol–water partition coefficient (Wildman–Crippen LogP) is 0.137. The van der Waals surface area contributed by atoms with Crippen LogP contribution in [-0.4, -0.2) is 77.9 Å². The van der Waals surface area contributed by atoms with Gasteiger partial charge in [0.1, 0.15) is 0 Å². The molecule has 0 unspecified atom stereocenters. The van der Waals surface area contributed by atoms with E-state index in [1.54, 1.807) is 27.9 Å². The normalized spacial score (nSPS) is 19.0. The highest BCUT2D eigenvalue weighted by Crippen LogP contribution is 2.25. The second-order valence-corrected chi connectivity index (χ2v) is 8.67. The zero-order chi connectivity index (χ0) is 18.9. The SMILES string of the molecule is O=C(c1cn(C2CN(S(=O)(=O)Cc3ccccc3)C2)nn1)N1CCOCC1. The molecule has 1 amide bonds. The van der Waals surface area contributed by atoms with Crippen LogP contribution in [0.25, 0.3) is 0 Å². The minimum absolute atomic E-state index is 0.0152. The molecule has 0 spiro atoms. The third kappa shape index (κ3) is 3.87. The average molecular weight is 391 g/mol. The van der Waals surface area contributed by atoms with Gasteiger partial charge in [-0.15, -0.1) is 5.10 Å². The smallest absolute Gasteiger partial charge is 0.276 e. The number of nitrogens with zero attached hydrogens (tertiary/aromatic N) is 5. The van der Waals surface area contributed by atoms with Gasteiger partial charge in [0, 0.05) is 26.2 Å². The van der Waals surface area contributed by atoms with E-state index in [0.29, 0.717) is 39.4 Å². The van der Waals surface area contributed by atoms with Crippen LogP contribution < -0.4 is 0 Å². The second kappa shape index (κ2) is 7.37. The zero-order valence-corrected chi connectivity index (χ0v) is 15.6. The van der Waals surface area contributed by atoms with Gasteiger partial charge in [0.05, 0.1) is 31.2 Å². The Kier molecular flexibility index (Phi) is 4.94. The number of carbonyl (C=O) groups excluding carboxylic acids is 1. The van der Waals surface area contributed by atoms with Gasteiger partial charge in [0.2, 0.25) is 10.0 Å². The number of sulfonamides is 1. The molecular weight excluding hydrogens is 370 g/mol. The van der Waals surface area contributed by atoms with Gasteiger partial charge in [-0.3, -0.25) is 4.79 Å². The van der Waals surface area contributed by atoms with E-state index >= 15 is 0 Å². The van der Waals surface area contributed by atoms with E-state index in [9.17, 15) is 13.2 Å². The van der Waals surface area contributed by atoms with Gasteiger partial charge in [0.25, 0.3) is 5.91 Å². The molecule has 3 heterocycles. The molecule has 2 aromatic rings. The van der Waals surface area contributed by atoms with Crippen LogP contribution in [0, 0.1) is 0 Å². The summed E-state index contributed by atoms with van der Waals surface area (Å²) in [6.45, 7) is 2.81. The van der Waals surface area contributed by atoms with Crippen LogP contribution in [0.15, 0.2) is 36.5 Å². The Labute approximate surface area is 157 Å². The Morgan fingerprint density at radius 2 is 1.85 bits per heavy atom. The molecule has 1 aromatic heterocycles. The number of ether oxygens (including phenoxy) is 1. The van der Waals surface area contributed by atoms with Crippen LogP contribution in [-0.2, 0) is 20.5 Å². The maximum Gasteiger partial charge on any atom is 0.276 e. The molecule has 144 valence electrons. The van der Waals surface area contributed by atoms with Crippen molar-refractivity contribution >= 4 is 15.9 Å². The molecule has 9 nitrogen and oxygen atoms in total. The number of carbonyl (C=O) groups is 1. The first-order valence-corrected chi connectivity index (χ1v) is 10.4. The zero-order valence-electron chi connectivity index (χ0n) is 14.8. The van der Waals surface area contributed by atoms with E-state index in [0.717, 1.165) is 5.56 Å². The predicted molar refractivity (Wildman–Crippen MR) is 96.4 cm³/mol. The molecule has 2 aliphatic heterocycles. The molecule has 0 saturated carbocycles. The van der Waals surface area contributed by atoms with Crippen LogP contribution >= 0.6 is 0 Å². The van der Waals surface area contributed by atoms with Crippen LogP contribution in [0.4, 0.5) is 0 Å². The first-order valence-electron chi connectivity index (χ1n) is 8.83. The van der Waals surface area contributed by atoms with Crippen molar-refractivity contribution < 1.29 is 17.9 Å². The molecule has 0 N–H and O–H groups in total. The number of aromatic nitrogens is 3. The van der Waals surface area contributed by atoms with Gasteiger partial charge in [0.15, 0.2) is 5.69 Å². The third-order valence-corrected chi connectivity index (χ3v) is 6.60. The van der Waals surface area contributed by atoms with Gasteiger partial charge >= 0.3 is 0 Å². The summed E-state index contributed by atoms with van der Waals surface area (Å²) in [6, 6.07) is 9.01. The summed E-state index contributed by atoms with van der Waals surface area (Å²) in [4.78, 5) is 14.1. The highest BCUT2D eigenvalue weighted by atomic mass is 32.2. The molecule has 0 atom stereocenters. The molecule has 2 fully saturated rings. The molecule has 0 bridgehead atoms. The largest absolute Gasteiger partial charge is 0.378 e. The van der Waals surface area contributed by atoms with Crippen molar-refractivity contribution in [2.24, 2.45) is 0 Å². The van der Waals surface area contributed by atoms with Crippen LogP contribution in [0.1, 0.15) is 22.1 Å². The number of rotatable bonds is 5. The highest BCUT2D eigenvalue weighted by molar-refractivity contribution is 7.88. The van der Waals surface area contributed by atoms with Crippen molar-refractivity contribution in [2.45, 2.75) is 11.8 Å². The van der Waals surface area contributed by atoms with Gasteiger partial charge in [-0.2, -0.15) is 4.31 Å². The Hall–Kier alpha value is -2.30. The Morgan fingerprint density at radius 1 is 1.15 bits per heavy atom. The second-order valence-electron chi connectivity index (χ2n) is 6.70. The van der Waals surface area contributed by atoms with E-state index in [4.69, 9.17) is 4.74 Å². The topological polar surface area (TPSA) is 97.6 Å². The maximum atomic E-state index is 12.5. The quantitative estimate of drug-likeness (QED) is 0.719.